The summed E-state index contributed by atoms with van der Waals surface area (Å²) in [6.45, 7) is 0. The zero-order valence-electron chi connectivity index (χ0n) is 8.41. The number of hydrogen-bond acceptors (Lipinski definition) is 2. The van der Waals surface area contributed by atoms with Gasteiger partial charge in [0, 0.05) is 5.39 Å². The van der Waals surface area contributed by atoms with Crippen LogP contribution in [0, 0.1) is 5.92 Å². The minimum atomic E-state index is -0.528. The number of rotatable bonds is 2. The van der Waals surface area contributed by atoms with E-state index in [-0.39, 0.29) is 0 Å². The van der Waals surface area contributed by atoms with Crippen LogP contribution < -0.4 is 0 Å². The lowest BCUT2D eigenvalue weighted by Crippen LogP contribution is -1.96. The molecular formula is C12H10Cl2O2. The van der Waals surface area contributed by atoms with E-state index in [1.165, 1.54) is 0 Å². The molecule has 1 aliphatic rings. The van der Waals surface area contributed by atoms with Gasteiger partial charge in [0.15, 0.2) is 5.58 Å². The van der Waals surface area contributed by atoms with Crippen molar-refractivity contribution in [1.29, 1.82) is 0 Å². The van der Waals surface area contributed by atoms with Crippen LogP contribution in [-0.4, -0.2) is 5.11 Å². The summed E-state index contributed by atoms with van der Waals surface area (Å²) in [5, 5.41) is 11.8. The van der Waals surface area contributed by atoms with Crippen LogP contribution in [0.2, 0.25) is 10.0 Å². The molecule has 1 aromatic heterocycles. The second-order valence-electron chi connectivity index (χ2n) is 4.20. The summed E-state index contributed by atoms with van der Waals surface area (Å²) in [6.07, 6.45) is 1.58. The van der Waals surface area contributed by atoms with Crippen molar-refractivity contribution in [3.8, 4) is 0 Å². The fourth-order valence-corrected chi connectivity index (χ4v) is 2.27. The summed E-state index contributed by atoms with van der Waals surface area (Å²) < 4.78 is 5.58. The fourth-order valence-electron chi connectivity index (χ4n) is 1.87. The van der Waals surface area contributed by atoms with E-state index in [0.29, 0.717) is 27.3 Å². The molecule has 0 bridgehead atoms. The number of aliphatic hydroxyl groups is 1. The molecule has 3 rings (SSSR count). The lowest BCUT2D eigenvalue weighted by atomic mass is 10.1. The van der Waals surface area contributed by atoms with Gasteiger partial charge in [-0.25, -0.2) is 0 Å². The Balaban J connectivity index is 2.14. The van der Waals surface area contributed by atoms with E-state index >= 15 is 0 Å². The van der Waals surface area contributed by atoms with Gasteiger partial charge in [-0.1, -0.05) is 23.2 Å². The first-order valence-electron chi connectivity index (χ1n) is 5.22. The molecule has 1 heterocycles. The Morgan fingerprint density at radius 1 is 1.25 bits per heavy atom. The van der Waals surface area contributed by atoms with E-state index in [2.05, 4.69) is 0 Å². The third-order valence-corrected chi connectivity index (χ3v) is 3.59. The molecule has 1 saturated carbocycles. The molecule has 2 aromatic rings. The normalized spacial score (nSPS) is 17.9. The van der Waals surface area contributed by atoms with E-state index in [0.717, 1.165) is 18.2 Å². The molecule has 0 amide bonds. The standard InChI is InChI=1S/C12H10Cl2O2/c13-8-3-4-9(14)12-7(8)5-10(16-12)11(15)6-1-2-6/h3-6,11,15H,1-2H2. The highest BCUT2D eigenvalue weighted by atomic mass is 35.5. The second kappa shape index (κ2) is 3.66. The van der Waals surface area contributed by atoms with Crippen molar-refractivity contribution < 1.29 is 9.52 Å². The minimum Gasteiger partial charge on any atom is -0.457 e. The van der Waals surface area contributed by atoms with Crippen LogP contribution in [0.4, 0.5) is 0 Å². The molecule has 0 saturated heterocycles. The first kappa shape index (κ1) is 10.5. The molecule has 0 spiro atoms. The fraction of sp³-hybridized carbons (Fsp3) is 0.333. The van der Waals surface area contributed by atoms with Gasteiger partial charge in [0.05, 0.1) is 10.0 Å². The molecular weight excluding hydrogens is 247 g/mol. The summed E-state index contributed by atoms with van der Waals surface area (Å²) in [7, 11) is 0. The molecule has 1 N–H and O–H groups in total. The Morgan fingerprint density at radius 3 is 2.56 bits per heavy atom. The molecule has 1 atom stereocenters. The van der Waals surface area contributed by atoms with Crippen LogP contribution in [-0.2, 0) is 0 Å². The summed E-state index contributed by atoms with van der Waals surface area (Å²) in [5.74, 6) is 0.894. The van der Waals surface area contributed by atoms with E-state index < -0.39 is 6.10 Å². The number of aliphatic hydroxyl groups excluding tert-OH is 1. The Bertz CT molecular complexity index is 504. The summed E-state index contributed by atoms with van der Waals surface area (Å²) in [6, 6.07) is 5.21. The monoisotopic (exact) mass is 256 g/mol. The maximum Gasteiger partial charge on any atom is 0.154 e. The highest BCUT2D eigenvalue weighted by molar-refractivity contribution is 6.39. The van der Waals surface area contributed by atoms with Gasteiger partial charge in [0.1, 0.15) is 11.9 Å². The lowest BCUT2D eigenvalue weighted by molar-refractivity contribution is 0.129. The van der Waals surface area contributed by atoms with Gasteiger partial charge in [-0.15, -0.1) is 0 Å². The summed E-state index contributed by atoms with van der Waals surface area (Å²) >= 11 is 12.1. The average molecular weight is 257 g/mol. The van der Waals surface area contributed by atoms with Gasteiger partial charge in [0.25, 0.3) is 0 Å². The van der Waals surface area contributed by atoms with Crippen LogP contribution in [0.15, 0.2) is 22.6 Å². The van der Waals surface area contributed by atoms with Gasteiger partial charge in [-0.2, -0.15) is 0 Å². The first-order valence-corrected chi connectivity index (χ1v) is 5.98. The van der Waals surface area contributed by atoms with E-state index in [4.69, 9.17) is 27.6 Å². The molecule has 1 unspecified atom stereocenters. The Labute approximate surface area is 103 Å². The zero-order valence-corrected chi connectivity index (χ0v) is 9.92. The van der Waals surface area contributed by atoms with Gasteiger partial charge < -0.3 is 9.52 Å². The van der Waals surface area contributed by atoms with Gasteiger partial charge in [-0.3, -0.25) is 0 Å². The number of hydrogen-bond donors (Lipinski definition) is 1. The van der Waals surface area contributed by atoms with Crippen molar-refractivity contribution in [2.24, 2.45) is 5.92 Å². The number of benzene rings is 1. The average Bonchev–Trinajstić information content (AvgIpc) is 3.01. The van der Waals surface area contributed by atoms with Crippen LogP contribution in [0.3, 0.4) is 0 Å². The highest BCUT2D eigenvalue weighted by Gasteiger charge is 2.33. The molecule has 16 heavy (non-hydrogen) atoms. The predicted molar refractivity (Wildman–Crippen MR) is 63.9 cm³/mol. The summed E-state index contributed by atoms with van der Waals surface area (Å²) in [4.78, 5) is 0. The van der Waals surface area contributed by atoms with Crippen molar-refractivity contribution in [3.63, 3.8) is 0 Å². The van der Waals surface area contributed by atoms with Gasteiger partial charge >= 0.3 is 0 Å². The van der Waals surface area contributed by atoms with E-state index in [1.807, 2.05) is 0 Å². The molecule has 1 aliphatic carbocycles. The van der Waals surface area contributed by atoms with Crippen molar-refractivity contribution in [2.45, 2.75) is 18.9 Å². The Hall–Kier alpha value is -0.700. The highest BCUT2D eigenvalue weighted by Crippen LogP contribution is 2.43. The van der Waals surface area contributed by atoms with Crippen molar-refractivity contribution >= 4 is 34.2 Å². The maximum absolute atomic E-state index is 9.96. The number of furan rings is 1. The molecule has 1 fully saturated rings. The topological polar surface area (TPSA) is 33.4 Å². The molecule has 0 aliphatic heterocycles. The van der Waals surface area contributed by atoms with Crippen LogP contribution in [0.1, 0.15) is 24.7 Å². The Morgan fingerprint density at radius 2 is 1.94 bits per heavy atom. The van der Waals surface area contributed by atoms with E-state index in [9.17, 15) is 5.11 Å². The third-order valence-electron chi connectivity index (χ3n) is 2.96. The van der Waals surface area contributed by atoms with Gasteiger partial charge in [-0.05, 0) is 37.0 Å². The summed E-state index contributed by atoms with van der Waals surface area (Å²) in [5.41, 5.74) is 0.559. The molecule has 4 heteroatoms. The predicted octanol–water partition coefficient (Wildman–Crippen LogP) is 4.18. The number of fused-ring (bicyclic) bond motifs is 1. The molecule has 0 radical (unpaired) electrons. The van der Waals surface area contributed by atoms with Gasteiger partial charge in [0.2, 0.25) is 0 Å². The SMILES string of the molecule is OC(c1cc2c(Cl)ccc(Cl)c2o1)C1CC1. The second-order valence-corrected chi connectivity index (χ2v) is 5.02. The maximum atomic E-state index is 9.96. The van der Waals surface area contributed by atoms with Crippen molar-refractivity contribution in [3.05, 3.63) is 34.0 Å². The molecule has 1 aromatic carbocycles. The van der Waals surface area contributed by atoms with Crippen LogP contribution in [0.25, 0.3) is 11.0 Å². The first-order chi connectivity index (χ1) is 7.66. The largest absolute Gasteiger partial charge is 0.457 e. The van der Waals surface area contributed by atoms with E-state index in [1.54, 1.807) is 18.2 Å². The third kappa shape index (κ3) is 1.61. The van der Waals surface area contributed by atoms with Crippen LogP contribution in [0.5, 0.6) is 0 Å². The lowest BCUT2D eigenvalue weighted by Gasteiger charge is -2.03. The quantitative estimate of drug-likeness (QED) is 0.875. The van der Waals surface area contributed by atoms with Crippen molar-refractivity contribution in [2.75, 3.05) is 0 Å². The number of halogens is 2. The minimum absolute atomic E-state index is 0.332. The zero-order chi connectivity index (χ0) is 11.3. The van der Waals surface area contributed by atoms with Crippen molar-refractivity contribution in [1.82, 2.24) is 0 Å². The Kier molecular flexibility index (Phi) is 2.39. The molecule has 2 nitrogen and oxygen atoms in total. The van der Waals surface area contributed by atoms with Crippen LogP contribution >= 0.6 is 23.2 Å². The molecule has 84 valence electrons. The smallest absolute Gasteiger partial charge is 0.154 e.